The fourth-order valence-corrected chi connectivity index (χ4v) is 2.20. The van der Waals surface area contributed by atoms with Crippen LogP contribution in [0.25, 0.3) is 11.3 Å². The average molecular weight is 264 g/mol. The zero-order valence-electron chi connectivity index (χ0n) is 10.0. The Hall–Kier alpha value is -1.52. The summed E-state index contributed by atoms with van der Waals surface area (Å²) in [4.78, 5) is 7.59. The SMILES string of the molecule is COc1ccc(-c2cnc(C3(N)CC3)[nH]2)c(Cl)c1. The normalized spacial score (nSPS) is 16.6. The minimum atomic E-state index is -0.253. The number of hydrogen-bond donors (Lipinski definition) is 2. The Kier molecular flexibility index (Phi) is 2.57. The highest BCUT2D eigenvalue weighted by Gasteiger charge is 2.42. The molecule has 1 aromatic heterocycles. The molecule has 0 amide bonds. The van der Waals surface area contributed by atoms with Gasteiger partial charge < -0.3 is 15.5 Å². The second kappa shape index (κ2) is 4.00. The van der Waals surface area contributed by atoms with Gasteiger partial charge in [0.2, 0.25) is 0 Å². The van der Waals surface area contributed by atoms with Gasteiger partial charge in [0.05, 0.1) is 29.6 Å². The third-order valence-corrected chi connectivity index (χ3v) is 3.62. The lowest BCUT2D eigenvalue weighted by Gasteiger charge is -2.06. The van der Waals surface area contributed by atoms with E-state index in [1.807, 2.05) is 12.1 Å². The van der Waals surface area contributed by atoms with E-state index in [9.17, 15) is 0 Å². The van der Waals surface area contributed by atoms with Crippen LogP contribution in [0.15, 0.2) is 24.4 Å². The Bertz CT molecular complexity index is 590. The molecule has 0 aliphatic heterocycles. The monoisotopic (exact) mass is 263 g/mol. The zero-order chi connectivity index (χ0) is 12.8. The second-order valence-electron chi connectivity index (χ2n) is 4.65. The van der Waals surface area contributed by atoms with Gasteiger partial charge in [0, 0.05) is 5.56 Å². The van der Waals surface area contributed by atoms with E-state index in [1.165, 1.54) is 0 Å². The van der Waals surface area contributed by atoms with Crippen molar-refractivity contribution in [2.75, 3.05) is 7.11 Å². The summed E-state index contributed by atoms with van der Waals surface area (Å²) in [5, 5.41) is 0.631. The molecule has 0 radical (unpaired) electrons. The number of benzene rings is 1. The molecule has 3 N–H and O–H groups in total. The van der Waals surface area contributed by atoms with Gasteiger partial charge >= 0.3 is 0 Å². The highest BCUT2D eigenvalue weighted by Crippen LogP contribution is 2.42. The summed E-state index contributed by atoms with van der Waals surface area (Å²) in [6, 6.07) is 5.57. The topological polar surface area (TPSA) is 63.9 Å². The van der Waals surface area contributed by atoms with Crippen molar-refractivity contribution in [3.63, 3.8) is 0 Å². The third kappa shape index (κ3) is 1.87. The molecule has 94 valence electrons. The predicted molar refractivity (Wildman–Crippen MR) is 70.7 cm³/mol. The minimum absolute atomic E-state index is 0.253. The molecule has 0 saturated heterocycles. The highest BCUT2D eigenvalue weighted by atomic mass is 35.5. The molecule has 4 nitrogen and oxygen atoms in total. The van der Waals surface area contributed by atoms with Crippen molar-refractivity contribution in [1.82, 2.24) is 9.97 Å². The number of aromatic nitrogens is 2. The van der Waals surface area contributed by atoms with Crippen LogP contribution >= 0.6 is 11.6 Å². The van der Waals surface area contributed by atoms with Gasteiger partial charge in [-0.05, 0) is 31.0 Å². The number of imidazole rings is 1. The summed E-state index contributed by atoms with van der Waals surface area (Å²) in [6.45, 7) is 0. The maximum absolute atomic E-state index is 6.22. The Labute approximate surface area is 110 Å². The van der Waals surface area contributed by atoms with Gasteiger partial charge in [-0.25, -0.2) is 4.98 Å². The van der Waals surface area contributed by atoms with Crippen molar-refractivity contribution in [1.29, 1.82) is 0 Å². The largest absolute Gasteiger partial charge is 0.497 e. The van der Waals surface area contributed by atoms with Crippen LogP contribution < -0.4 is 10.5 Å². The van der Waals surface area contributed by atoms with Gasteiger partial charge in [0.1, 0.15) is 11.6 Å². The van der Waals surface area contributed by atoms with Crippen LogP contribution in [-0.4, -0.2) is 17.1 Å². The number of nitrogens with zero attached hydrogens (tertiary/aromatic N) is 1. The molecule has 0 spiro atoms. The van der Waals surface area contributed by atoms with E-state index in [2.05, 4.69) is 9.97 Å². The number of nitrogens with one attached hydrogen (secondary N) is 1. The maximum atomic E-state index is 6.22. The molecule has 0 unspecified atom stereocenters. The van der Waals surface area contributed by atoms with Crippen LogP contribution in [0.4, 0.5) is 0 Å². The molecule has 1 heterocycles. The Morgan fingerprint density at radius 2 is 2.22 bits per heavy atom. The Morgan fingerprint density at radius 3 is 2.83 bits per heavy atom. The van der Waals surface area contributed by atoms with E-state index in [4.69, 9.17) is 22.1 Å². The lowest BCUT2D eigenvalue weighted by atomic mass is 10.1. The highest BCUT2D eigenvalue weighted by molar-refractivity contribution is 6.33. The molecular formula is C13H14ClN3O. The van der Waals surface area contributed by atoms with E-state index in [-0.39, 0.29) is 5.54 Å². The molecule has 1 aliphatic rings. The summed E-state index contributed by atoms with van der Waals surface area (Å²) in [5.74, 6) is 1.57. The van der Waals surface area contributed by atoms with Crippen molar-refractivity contribution < 1.29 is 4.74 Å². The first-order valence-electron chi connectivity index (χ1n) is 5.81. The number of methoxy groups -OCH3 is 1. The van der Waals surface area contributed by atoms with Gasteiger partial charge in [-0.3, -0.25) is 0 Å². The summed E-state index contributed by atoms with van der Waals surface area (Å²) in [6.07, 6.45) is 3.74. The lowest BCUT2D eigenvalue weighted by Crippen LogP contribution is -2.20. The summed E-state index contributed by atoms with van der Waals surface area (Å²) >= 11 is 6.22. The summed E-state index contributed by atoms with van der Waals surface area (Å²) in [7, 11) is 1.62. The standard InChI is InChI=1S/C13H14ClN3O/c1-18-8-2-3-9(10(14)6-8)11-7-16-12(17-11)13(15)4-5-13/h2-3,6-7H,4-5,15H2,1H3,(H,16,17). The Morgan fingerprint density at radius 1 is 1.44 bits per heavy atom. The third-order valence-electron chi connectivity index (χ3n) is 3.30. The first-order valence-corrected chi connectivity index (χ1v) is 6.18. The number of ether oxygens (including phenoxy) is 1. The second-order valence-corrected chi connectivity index (χ2v) is 5.05. The van der Waals surface area contributed by atoms with Crippen molar-refractivity contribution in [2.24, 2.45) is 5.73 Å². The van der Waals surface area contributed by atoms with Crippen molar-refractivity contribution in [3.8, 4) is 17.0 Å². The molecule has 1 fully saturated rings. The molecule has 0 atom stereocenters. The van der Waals surface area contributed by atoms with Gasteiger partial charge in [-0.15, -0.1) is 0 Å². The minimum Gasteiger partial charge on any atom is -0.497 e. The number of halogens is 1. The number of H-pyrrole nitrogens is 1. The fourth-order valence-electron chi connectivity index (χ4n) is 1.92. The van der Waals surface area contributed by atoms with Crippen LogP contribution in [-0.2, 0) is 5.54 Å². The first kappa shape index (κ1) is 11.6. The van der Waals surface area contributed by atoms with E-state index in [0.717, 1.165) is 35.7 Å². The molecule has 0 bridgehead atoms. The number of aromatic amines is 1. The van der Waals surface area contributed by atoms with Crippen LogP contribution in [0.1, 0.15) is 18.7 Å². The van der Waals surface area contributed by atoms with Crippen LogP contribution in [0.3, 0.4) is 0 Å². The molecule has 5 heteroatoms. The molecule has 18 heavy (non-hydrogen) atoms. The molecule has 1 aromatic carbocycles. The van der Waals surface area contributed by atoms with E-state index < -0.39 is 0 Å². The number of rotatable bonds is 3. The molecule has 1 saturated carbocycles. The van der Waals surface area contributed by atoms with E-state index in [0.29, 0.717) is 5.02 Å². The quantitative estimate of drug-likeness (QED) is 0.895. The summed E-state index contributed by atoms with van der Waals surface area (Å²) in [5.41, 5.74) is 7.63. The van der Waals surface area contributed by atoms with Gasteiger partial charge in [0.25, 0.3) is 0 Å². The van der Waals surface area contributed by atoms with Crippen LogP contribution in [0.2, 0.25) is 5.02 Å². The molecule has 1 aliphatic carbocycles. The summed E-state index contributed by atoms with van der Waals surface area (Å²) < 4.78 is 5.13. The van der Waals surface area contributed by atoms with Gasteiger partial charge in [0.15, 0.2) is 0 Å². The van der Waals surface area contributed by atoms with E-state index in [1.54, 1.807) is 19.4 Å². The van der Waals surface area contributed by atoms with Crippen molar-refractivity contribution in [2.45, 2.75) is 18.4 Å². The van der Waals surface area contributed by atoms with E-state index >= 15 is 0 Å². The van der Waals surface area contributed by atoms with Gasteiger partial charge in [-0.1, -0.05) is 11.6 Å². The van der Waals surface area contributed by atoms with Crippen molar-refractivity contribution >= 4 is 11.6 Å². The number of hydrogen-bond acceptors (Lipinski definition) is 3. The average Bonchev–Trinajstić information content (AvgIpc) is 2.93. The smallest absolute Gasteiger partial charge is 0.126 e. The van der Waals surface area contributed by atoms with Crippen molar-refractivity contribution in [3.05, 3.63) is 35.2 Å². The Balaban J connectivity index is 1.97. The number of nitrogens with two attached hydrogens (primary N) is 1. The zero-order valence-corrected chi connectivity index (χ0v) is 10.8. The molecular weight excluding hydrogens is 250 g/mol. The van der Waals surface area contributed by atoms with Crippen LogP contribution in [0.5, 0.6) is 5.75 Å². The maximum Gasteiger partial charge on any atom is 0.126 e. The fraction of sp³-hybridized carbons (Fsp3) is 0.308. The first-order chi connectivity index (χ1) is 8.62. The molecule has 3 rings (SSSR count). The molecule has 2 aromatic rings. The predicted octanol–water partition coefficient (Wildman–Crippen LogP) is 2.69. The van der Waals surface area contributed by atoms with Crippen LogP contribution in [0, 0.1) is 0 Å². The lowest BCUT2D eigenvalue weighted by molar-refractivity contribution is 0.415. The van der Waals surface area contributed by atoms with Gasteiger partial charge in [-0.2, -0.15) is 0 Å².